The molecule has 1 amide bonds. The van der Waals surface area contributed by atoms with Gasteiger partial charge in [0, 0.05) is 13.5 Å². The van der Waals surface area contributed by atoms with Gasteiger partial charge in [0.15, 0.2) is 11.6 Å². The minimum absolute atomic E-state index is 0.155. The number of benzene rings is 1. The van der Waals surface area contributed by atoms with Crippen LogP contribution in [0, 0.1) is 24.5 Å². The summed E-state index contributed by atoms with van der Waals surface area (Å²) in [6, 6.07) is 3.34. The van der Waals surface area contributed by atoms with Crippen LogP contribution in [0.1, 0.15) is 52.7 Å². The van der Waals surface area contributed by atoms with E-state index in [9.17, 15) is 13.6 Å². The number of carbonyl (C=O) groups excluding carboxylic acids is 1. The smallest absolute Gasteiger partial charge is 0.266 e. The van der Waals surface area contributed by atoms with Crippen molar-refractivity contribution in [1.82, 2.24) is 9.88 Å². The number of halogens is 2. The maximum atomic E-state index is 13.4. The number of amides is 1. The van der Waals surface area contributed by atoms with Crippen molar-refractivity contribution in [3.05, 3.63) is 51.0 Å². The highest BCUT2D eigenvalue weighted by Gasteiger charge is 2.24. The minimum atomic E-state index is -0.909. The first-order valence-electron chi connectivity index (χ1n) is 7.89. The molecule has 0 spiro atoms. The fourth-order valence-electron chi connectivity index (χ4n) is 2.42. The molecular weight excluding hydrogens is 330 g/mol. The Kier molecular flexibility index (Phi) is 5.70. The molecule has 0 aliphatic heterocycles. The molecule has 0 fully saturated rings. The standard InChI is InChI=1S/C18H22F2N2OS/c1-10(2)8-16-21-11(3)17(24-16)18(23)22(5)12(4)13-6-7-14(19)15(20)9-13/h6-7,9-10,12H,8H2,1-5H3. The number of hydrogen-bond donors (Lipinski definition) is 0. The van der Waals surface area contributed by atoms with E-state index < -0.39 is 11.6 Å². The third-order valence-corrected chi connectivity index (χ3v) is 5.11. The van der Waals surface area contributed by atoms with E-state index in [4.69, 9.17) is 0 Å². The number of carbonyl (C=O) groups is 1. The topological polar surface area (TPSA) is 33.2 Å². The second-order valence-electron chi connectivity index (χ2n) is 6.39. The fourth-order valence-corrected chi connectivity index (χ4v) is 3.68. The quantitative estimate of drug-likeness (QED) is 0.777. The van der Waals surface area contributed by atoms with Crippen molar-refractivity contribution in [2.75, 3.05) is 7.05 Å². The Hall–Kier alpha value is -1.82. The summed E-state index contributed by atoms with van der Waals surface area (Å²) in [4.78, 5) is 19.4. The highest BCUT2D eigenvalue weighted by atomic mass is 32.1. The summed E-state index contributed by atoms with van der Waals surface area (Å²) < 4.78 is 26.5. The molecule has 0 saturated heterocycles. The number of hydrogen-bond acceptors (Lipinski definition) is 3. The Labute approximate surface area is 145 Å². The molecule has 0 aliphatic rings. The lowest BCUT2D eigenvalue weighted by atomic mass is 10.1. The first-order valence-corrected chi connectivity index (χ1v) is 8.70. The van der Waals surface area contributed by atoms with Crippen molar-refractivity contribution in [2.45, 2.75) is 40.2 Å². The van der Waals surface area contributed by atoms with Gasteiger partial charge in [-0.2, -0.15) is 0 Å². The molecule has 1 atom stereocenters. The van der Waals surface area contributed by atoms with Crippen LogP contribution in [0.2, 0.25) is 0 Å². The summed E-state index contributed by atoms with van der Waals surface area (Å²) in [5.41, 5.74) is 1.26. The lowest BCUT2D eigenvalue weighted by molar-refractivity contribution is 0.0746. The first-order chi connectivity index (χ1) is 11.2. The molecule has 2 aromatic rings. The van der Waals surface area contributed by atoms with Gasteiger partial charge in [0.05, 0.1) is 16.7 Å². The predicted molar refractivity (Wildman–Crippen MR) is 92.3 cm³/mol. The maximum absolute atomic E-state index is 13.4. The molecule has 6 heteroatoms. The number of rotatable bonds is 5. The van der Waals surface area contributed by atoms with Gasteiger partial charge < -0.3 is 4.90 Å². The summed E-state index contributed by atoms with van der Waals surface area (Å²) in [7, 11) is 1.66. The monoisotopic (exact) mass is 352 g/mol. The third-order valence-electron chi connectivity index (χ3n) is 3.95. The van der Waals surface area contributed by atoms with Crippen molar-refractivity contribution in [1.29, 1.82) is 0 Å². The normalized spacial score (nSPS) is 12.5. The number of aryl methyl sites for hydroxylation is 1. The lowest BCUT2D eigenvalue weighted by Gasteiger charge is -2.25. The van der Waals surface area contributed by atoms with E-state index in [1.807, 2.05) is 6.92 Å². The van der Waals surface area contributed by atoms with E-state index in [1.165, 1.54) is 22.3 Å². The van der Waals surface area contributed by atoms with Crippen LogP contribution in [0.3, 0.4) is 0 Å². The predicted octanol–water partition coefficient (Wildman–Crippen LogP) is 4.76. The van der Waals surface area contributed by atoms with Crippen molar-refractivity contribution in [3.63, 3.8) is 0 Å². The van der Waals surface area contributed by atoms with Gasteiger partial charge in [0.25, 0.3) is 5.91 Å². The van der Waals surface area contributed by atoms with Crippen LogP contribution in [0.25, 0.3) is 0 Å². The molecule has 0 bridgehead atoms. The van der Waals surface area contributed by atoms with Gasteiger partial charge in [-0.25, -0.2) is 13.8 Å². The second-order valence-corrected chi connectivity index (χ2v) is 7.47. The Balaban J connectivity index is 2.22. The minimum Gasteiger partial charge on any atom is -0.334 e. The summed E-state index contributed by atoms with van der Waals surface area (Å²) in [6.07, 6.45) is 0.835. The van der Waals surface area contributed by atoms with Gasteiger partial charge in [-0.3, -0.25) is 4.79 Å². The molecule has 24 heavy (non-hydrogen) atoms. The van der Waals surface area contributed by atoms with E-state index >= 15 is 0 Å². The lowest BCUT2D eigenvalue weighted by Crippen LogP contribution is -2.29. The molecular formula is C18H22F2N2OS. The average molecular weight is 352 g/mol. The first kappa shape index (κ1) is 18.5. The van der Waals surface area contributed by atoms with E-state index in [-0.39, 0.29) is 11.9 Å². The van der Waals surface area contributed by atoms with E-state index in [0.29, 0.717) is 22.1 Å². The van der Waals surface area contributed by atoms with Crippen LogP contribution in [0.5, 0.6) is 0 Å². The molecule has 2 rings (SSSR count). The zero-order valence-corrected chi connectivity index (χ0v) is 15.4. The largest absolute Gasteiger partial charge is 0.334 e. The van der Waals surface area contributed by atoms with Crippen LogP contribution >= 0.6 is 11.3 Å². The SMILES string of the molecule is Cc1nc(CC(C)C)sc1C(=O)N(C)C(C)c1ccc(F)c(F)c1. The Morgan fingerprint density at radius 1 is 1.25 bits per heavy atom. The molecule has 0 radical (unpaired) electrons. The number of aromatic nitrogens is 1. The highest BCUT2D eigenvalue weighted by Crippen LogP contribution is 2.27. The molecule has 1 heterocycles. The maximum Gasteiger partial charge on any atom is 0.266 e. The molecule has 0 aliphatic carbocycles. The van der Waals surface area contributed by atoms with Crippen molar-refractivity contribution < 1.29 is 13.6 Å². The molecule has 0 saturated carbocycles. The van der Waals surface area contributed by atoms with Gasteiger partial charge in [0.2, 0.25) is 0 Å². The van der Waals surface area contributed by atoms with E-state index in [1.54, 1.807) is 14.0 Å². The molecule has 3 nitrogen and oxygen atoms in total. The molecule has 130 valence electrons. The van der Waals surface area contributed by atoms with Gasteiger partial charge >= 0.3 is 0 Å². The molecule has 1 aromatic carbocycles. The Morgan fingerprint density at radius 3 is 2.50 bits per heavy atom. The summed E-state index contributed by atoms with van der Waals surface area (Å²) in [5.74, 6) is -1.49. The van der Waals surface area contributed by atoms with Gasteiger partial charge in [-0.05, 0) is 37.5 Å². The van der Waals surface area contributed by atoms with Gasteiger partial charge in [-0.15, -0.1) is 11.3 Å². The molecule has 1 aromatic heterocycles. The van der Waals surface area contributed by atoms with Crippen LogP contribution in [-0.2, 0) is 6.42 Å². The average Bonchev–Trinajstić information content (AvgIpc) is 2.87. The van der Waals surface area contributed by atoms with Crippen LogP contribution in [0.15, 0.2) is 18.2 Å². The summed E-state index contributed by atoms with van der Waals surface area (Å²) in [6.45, 7) is 7.82. The van der Waals surface area contributed by atoms with E-state index in [0.717, 1.165) is 23.6 Å². The molecule has 1 unspecified atom stereocenters. The Bertz CT molecular complexity index is 743. The van der Waals surface area contributed by atoms with Gasteiger partial charge in [-0.1, -0.05) is 19.9 Å². The van der Waals surface area contributed by atoms with Crippen molar-refractivity contribution in [2.24, 2.45) is 5.92 Å². The van der Waals surface area contributed by atoms with Crippen molar-refractivity contribution in [3.8, 4) is 0 Å². The van der Waals surface area contributed by atoms with Crippen LogP contribution in [0.4, 0.5) is 8.78 Å². The zero-order valence-electron chi connectivity index (χ0n) is 14.6. The number of thiazole rings is 1. The van der Waals surface area contributed by atoms with Crippen molar-refractivity contribution >= 4 is 17.2 Å². The third kappa shape index (κ3) is 3.98. The summed E-state index contributed by atoms with van der Waals surface area (Å²) >= 11 is 1.41. The van der Waals surface area contributed by atoms with E-state index in [2.05, 4.69) is 18.8 Å². The second kappa shape index (κ2) is 7.38. The Morgan fingerprint density at radius 2 is 1.92 bits per heavy atom. The summed E-state index contributed by atoms with van der Waals surface area (Å²) in [5, 5.41) is 0.944. The van der Waals surface area contributed by atoms with Crippen LogP contribution < -0.4 is 0 Å². The fraction of sp³-hybridized carbons (Fsp3) is 0.444. The number of nitrogens with zero attached hydrogens (tertiary/aromatic N) is 2. The molecule has 0 N–H and O–H groups in total. The van der Waals surface area contributed by atoms with Gasteiger partial charge in [0.1, 0.15) is 4.88 Å². The highest BCUT2D eigenvalue weighted by molar-refractivity contribution is 7.13. The van der Waals surface area contributed by atoms with Crippen LogP contribution in [-0.4, -0.2) is 22.8 Å². The zero-order chi connectivity index (χ0) is 18.0.